The van der Waals surface area contributed by atoms with E-state index in [-0.39, 0.29) is 49.9 Å². The topological polar surface area (TPSA) is 146 Å². The molecule has 1 aliphatic heterocycles. The van der Waals surface area contributed by atoms with Crippen molar-refractivity contribution < 1.29 is 32.8 Å². The Kier molecular flexibility index (Phi) is 15.2. The van der Waals surface area contributed by atoms with E-state index in [2.05, 4.69) is 48.7 Å². The summed E-state index contributed by atoms with van der Waals surface area (Å²) in [5, 5.41) is 12.1. The van der Waals surface area contributed by atoms with Gasteiger partial charge in [0.15, 0.2) is 0 Å². The molecule has 1 aliphatic rings. The summed E-state index contributed by atoms with van der Waals surface area (Å²) in [6.45, 7) is 8.49. The highest BCUT2D eigenvalue weighted by molar-refractivity contribution is 7.44. The summed E-state index contributed by atoms with van der Waals surface area (Å²) in [4.78, 5) is 30.7. The lowest BCUT2D eigenvalue weighted by Gasteiger charge is -2.39. The monoisotopic (exact) mass is 833 g/mol. The predicted molar refractivity (Wildman–Crippen MR) is 230 cm³/mol. The number of aromatic nitrogens is 2. The van der Waals surface area contributed by atoms with Crippen LogP contribution >= 0.6 is 8.53 Å². The van der Waals surface area contributed by atoms with Gasteiger partial charge in [0.1, 0.15) is 35.2 Å². The largest absolute Gasteiger partial charge is 0.497 e. The Morgan fingerprint density at radius 3 is 1.98 bits per heavy atom. The number of rotatable bonds is 19. The van der Waals surface area contributed by atoms with Crippen LogP contribution in [-0.2, 0) is 24.1 Å². The average Bonchev–Trinajstić information content (AvgIpc) is 3.66. The van der Waals surface area contributed by atoms with Gasteiger partial charge in [-0.05, 0) is 86.8 Å². The first-order valence-electron chi connectivity index (χ1n) is 19.9. The Labute approximate surface area is 352 Å². The number of nitrogens with zero attached hydrogens (tertiary/aromatic N) is 4. The number of anilines is 1. The number of nitrogens with one attached hydrogen (secondary N) is 1. The van der Waals surface area contributed by atoms with Crippen LogP contribution in [0.2, 0.25) is 0 Å². The van der Waals surface area contributed by atoms with Crippen LogP contribution in [0.3, 0.4) is 0 Å². The van der Waals surface area contributed by atoms with Gasteiger partial charge in [-0.15, -0.1) is 0 Å². The number of amides is 1. The van der Waals surface area contributed by atoms with Gasteiger partial charge in [-0.25, -0.2) is 9.46 Å². The SMILES string of the molecule is COc1ccc(C(OC[C@H]2O[C@@H](n3ccc(NC(=O)c4ccccc4)nc3=O)C[C@H]2OP(OCCC#N)N(C(C)C)C(C)C)(c2ccccc2)c2ccc(OC)cc2)cc1. The van der Waals surface area contributed by atoms with Gasteiger partial charge in [0.25, 0.3) is 14.4 Å². The molecule has 1 saturated heterocycles. The summed E-state index contributed by atoms with van der Waals surface area (Å²) in [6, 6.07) is 38.0. The summed E-state index contributed by atoms with van der Waals surface area (Å²) in [7, 11) is 1.55. The lowest BCUT2D eigenvalue weighted by molar-refractivity contribution is -0.0925. The second-order valence-electron chi connectivity index (χ2n) is 14.7. The van der Waals surface area contributed by atoms with Gasteiger partial charge in [0.05, 0.1) is 46.0 Å². The molecule has 1 aromatic heterocycles. The van der Waals surface area contributed by atoms with Gasteiger partial charge >= 0.3 is 5.69 Å². The second-order valence-corrected chi connectivity index (χ2v) is 16.1. The third-order valence-electron chi connectivity index (χ3n) is 10.1. The third kappa shape index (κ3) is 10.3. The van der Waals surface area contributed by atoms with E-state index >= 15 is 0 Å². The quantitative estimate of drug-likeness (QED) is 0.0486. The molecule has 0 radical (unpaired) electrons. The van der Waals surface area contributed by atoms with Crippen LogP contribution in [0.4, 0.5) is 5.82 Å². The van der Waals surface area contributed by atoms with Gasteiger partial charge in [-0.2, -0.15) is 10.2 Å². The Hall–Kier alpha value is -5.45. The van der Waals surface area contributed by atoms with E-state index < -0.39 is 38.3 Å². The summed E-state index contributed by atoms with van der Waals surface area (Å²) in [5.41, 5.74) is 1.22. The van der Waals surface area contributed by atoms with E-state index in [1.54, 1.807) is 50.7 Å². The van der Waals surface area contributed by atoms with Crippen LogP contribution in [0.25, 0.3) is 0 Å². The molecule has 4 aromatic carbocycles. The number of carbonyl (C=O) groups excluding carboxylic acids is 1. The molecule has 4 atom stereocenters. The molecule has 6 rings (SSSR count). The minimum absolute atomic E-state index is 0.0201. The fraction of sp³-hybridized carbons (Fsp3) is 0.348. The highest BCUT2D eigenvalue weighted by Crippen LogP contribution is 2.50. The smallest absolute Gasteiger partial charge is 0.351 e. The minimum atomic E-state index is -1.70. The number of hydrogen-bond donors (Lipinski definition) is 1. The average molecular weight is 834 g/mol. The molecule has 0 saturated carbocycles. The maximum absolute atomic E-state index is 13.7. The zero-order chi connectivity index (χ0) is 42.6. The summed E-state index contributed by atoms with van der Waals surface area (Å²) >= 11 is 0. The highest BCUT2D eigenvalue weighted by atomic mass is 31.2. The summed E-state index contributed by atoms with van der Waals surface area (Å²) in [6.07, 6.45) is -0.153. The maximum Gasteiger partial charge on any atom is 0.351 e. The van der Waals surface area contributed by atoms with Crippen molar-refractivity contribution in [3.05, 3.63) is 154 Å². The Morgan fingerprint density at radius 2 is 1.45 bits per heavy atom. The van der Waals surface area contributed by atoms with Gasteiger partial charge in [-0.3, -0.25) is 9.36 Å². The molecule has 0 aliphatic carbocycles. The Morgan fingerprint density at radius 1 is 0.883 bits per heavy atom. The highest BCUT2D eigenvalue weighted by Gasteiger charge is 2.45. The van der Waals surface area contributed by atoms with Crippen LogP contribution < -0.4 is 20.5 Å². The molecule has 1 amide bonds. The zero-order valence-corrected chi connectivity index (χ0v) is 35.7. The van der Waals surface area contributed by atoms with E-state index in [0.29, 0.717) is 17.1 Å². The number of carbonyl (C=O) groups is 1. The maximum atomic E-state index is 13.7. The predicted octanol–water partition coefficient (Wildman–Crippen LogP) is 8.47. The van der Waals surface area contributed by atoms with Crippen molar-refractivity contribution in [2.24, 2.45) is 0 Å². The Balaban J connectivity index is 1.39. The molecule has 0 bridgehead atoms. The van der Waals surface area contributed by atoms with E-state index in [4.69, 9.17) is 28.0 Å². The summed E-state index contributed by atoms with van der Waals surface area (Å²) < 4.78 is 41.9. The van der Waals surface area contributed by atoms with E-state index in [9.17, 15) is 14.9 Å². The molecule has 14 heteroatoms. The van der Waals surface area contributed by atoms with Crippen molar-refractivity contribution in [2.45, 2.75) is 76.7 Å². The molecular formula is C46H52N5O8P. The molecule has 5 aromatic rings. The second kappa shape index (κ2) is 20.7. The van der Waals surface area contributed by atoms with Crippen molar-refractivity contribution >= 4 is 20.3 Å². The molecule has 1 unspecified atom stereocenters. The van der Waals surface area contributed by atoms with Crippen LogP contribution in [0, 0.1) is 11.3 Å². The van der Waals surface area contributed by atoms with Gasteiger partial charge in [0, 0.05) is 30.3 Å². The van der Waals surface area contributed by atoms with Gasteiger partial charge in [0.2, 0.25) is 0 Å². The van der Waals surface area contributed by atoms with E-state index in [1.165, 1.54) is 4.57 Å². The number of hydrogen-bond acceptors (Lipinski definition) is 11. The normalized spacial score (nSPS) is 17.1. The lowest BCUT2D eigenvalue weighted by atomic mass is 9.80. The van der Waals surface area contributed by atoms with Crippen molar-refractivity contribution in [1.82, 2.24) is 14.2 Å². The molecule has 314 valence electrons. The first-order chi connectivity index (χ1) is 29.1. The molecule has 1 N–H and O–H groups in total. The molecule has 13 nitrogen and oxygen atoms in total. The first kappa shape index (κ1) is 44.1. The fourth-order valence-electron chi connectivity index (χ4n) is 7.30. The molecule has 2 heterocycles. The van der Waals surface area contributed by atoms with Gasteiger partial charge < -0.3 is 33.3 Å². The van der Waals surface area contributed by atoms with Crippen molar-refractivity contribution in [3.63, 3.8) is 0 Å². The number of benzene rings is 4. The lowest BCUT2D eigenvalue weighted by Crippen LogP contribution is -2.39. The Bertz CT molecular complexity index is 2180. The molecule has 1 fully saturated rings. The van der Waals surface area contributed by atoms with Crippen molar-refractivity contribution in [2.75, 3.05) is 32.8 Å². The number of nitriles is 1. The zero-order valence-electron chi connectivity index (χ0n) is 34.8. The fourth-order valence-corrected chi connectivity index (χ4v) is 9.06. The molecule has 0 spiro atoms. The number of methoxy groups -OCH3 is 2. The summed E-state index contributed by atoms with van der Waals surface area (Å²) in [5.74, 6) is 1.12. The van der Waals surface area contributed by atoms with Gasteiger partial charge in [-0.1, -0.05) is 72.8 Å². The van der Waals surface area contributed by atoms with Crippen molar-refractivity contribution in [1.29, 1.82) is 5.26 Å². The number of ether oxygens (including phenoxy) is 4. The standard InChI is InChI=1S/C46H52N5O8P/c1-32(2)51(33(3)4)60(57-29-13-27-47)59-40-30-43(50-28-26-42(49-45(50)53)48-44(52)34-14-9-7-10-15-34)58-41(40)31-56-46(35-16-11-8-12-17-35,36-18-22-38(54-5)23-19-36)37-20-24-39(55-6)25-21-37/h7-12,14-26,28,32-33,40-41,43H,13,29-31H2,1-6H3,(H,48,49,52,53)/t40-,41-,43-,60?/m1/s1. The van der Waals surface area contributed by atoms with Crippen LogP contribution in [0.5, 0.6) is 11.5 Å². The van der Waals surface area contributed by atoms with E-state index in [0.717, 1.165) is 16.7 Å². The molecular weight excluding hydrogens is 782 g/mol. The van der Waals surface area contributed by atoms with Crippen LogP contribution in [-0.4, -0.2) is 71.9 Å². The molecule has 60 heavy (non-hydrogen) atoms. The van der Waals surface area contributed by atoms with Crippen LogP contribution in [0.15, 0.2) is 126 Å². The first-order valence-corrected chi connectivity index (χ1v) is 21.1. The third-order valence-corrected chi connectivity index (χ3v) is 12.3. The van der Waals surface area contributed by atoms with Crippen LogP contribution in [0.1, 0.15) is 73.8 Å². The minimum Gasteiger partial charge on any atom is -0.497 e. The van der Waals surface area contributed by atoms with E-state index in [1.807, 2.05) is 84.9 Å². The van der Waals surface area contributed by atoms with Crippen molar-refractivity contribution in [3.8, 4) is 17.6 Å².